The molecule has 0 saturated heterocycles. The van der Waals surface area contributed by atoms with Crippen LogP contribution in [0.3, 0.4) is 0 Å². The molecular weight excluding hydrogens is 148 g/mol. The average molecular weight is 157 g/mol. The number of nitrogens with zero attached hydrogens (tertiary/aromatic N) is 2. The molecule has 0 aromatic rings. The van der Waals surface area contributed by atoms with Gasteiger partial charge in [0.1, 0.15) is 0 Å². The van der Waals surface area contributed by atoms with E-state index in [2.05, 4.69) is 9.89 Å². The molecule has 1 fully saturated rings. The van der Waals surface area contributed by atoms with Gasteiger partial charge >= 0.3 is 0 Å². The Bertz CT molecular complexity index is 184. The Morgan fingerprint density at radius 3 is 2.90 bits per heavy atom. The van der Waals surface area contributed by atoms with Crippen LogP contribution >= 0.6 is 11.6 Å². The quantitative estimate of drug-likeness (QED) is 0.416. The van der Waals surface area contributed by atoms with Crippen molar-refractivity contribution in [2.24, 2.45) is 4.99 Å². The van der Waals surface area contributed by atoms with Gasteiger partial charge in [0.2, 0.25) is 0 Å². The predicted molar refractivity (Wildman–Crippen MR) is 42.1 cm³/mol. The predicted octanol–water partition coefficient (Wildman–Crippen LogP) is 1.57. The number of aliphatic imine (C=N–C) groups is 1. The maximum Gasteiger partial charge on any atom is 0.197 e. The Morgan fingerprint density at radius 1 is 1.50 bits per heavy atom. The summed E-state index contributed by atoms with van der Waals surface area (Å²) >= 11 is 5.89. The lowest BCUT2D eigenvalue weighted by molar-refractivity contribution is 0.343. The van der Waals surface area contributed by atoms with E-state index in [1.165, 1.54) is 12.8 Å². The lowest BCUT2D eigenvalue weighted by Crippen LogP contribution is -2.28. The van der Waals surface area contributed by atoms with E-state index in [1.807, 2.05) is 12.3 Å². The molecule has 1 saturated carbocycles. The van der Waals surface area contributed by atoms with Crippen molar-refractivity contribution in [1.29, 1.82) is 0 Å². The molecule has 0 spiro atoms. The summed E-state index contributed by atoms with van der Waals surface area (Å²) < 4.78 is 0. The van der Waals surface area contributed by atoms with Gasteiger partial charge in [0.25, 0.3) is 0 Å². The van der Waals surface area contributed by atoms with Crippen LogP contribution in [0.2, 0.25) is 0 Å². The van der Waals surface area contributed by atoms with Gasteiger partial charge in [-0.15, -0.1) is 0 Å². The van der Waals surface area contributed by atoms with E-state index >= 15 is 0 Å². The minimum atomic E-state index is -0.155. The third-order valence-electron chi connectivity index (χ3n) is 1.77. The molecule has 2 nitrogen and oxygen atoms in total. The van der Waals surface area contributed by atoms with Crippen molar-refractivity contribution in [3.8, 4) is 0 Å². The maximum atomic E-state index is 5.89. The number of hydrogen-bond acceptors (Lipinski definition) is 2. The number of rotatable bonds is 1. The van der Waals surface area contributed by atoms with Crippen molar-refractivity contribution >= 4 is 17.8 Å². The number of halogens is 1. The maximum absolute atomic E-state index is 5.89. The molecule has 0 radical (unpaired) electrons. The lowest BCUT2D eigenvalue weighted by atomic mass is 10.5. The van der Waals surface area contributed by atoms with Crippen molar-refractivity contribution in [2.75, 3.05) is 0 Å². The highest BCUT2D eigenvalue weighted by Crippen LogP contribution is 2.30. The summed E-state index contributed by atoms with van der Waals surface area (Å²) in [6.07, 6.45) is 8.22. The molecule has 1 aliphatic heterocycles. The Morgan fingerprint density at radius 2 is 2.30 bits per heavy atom. The first-order valence-electron chi connectivity index (χ1n) is 3.49. The Kier molecular flexibility index (Phi) is 1.42. The third kappa shape index (κ3) is 1.03. The summed E-state index contributed by atoms with van der Waals surface area (Å²) in [5, 5.41) is 0. The topological polar surface area (TPSA) is 15.6 Å². The van der Waals surface area contributed by atoms with Gasteiger partial charge in [-0.1, -0.05) is 11.6 Å². The van der Waals surface area contributed by atoms with Crippen LogP contribution in [0.1, 0.15) is 12.8 Å². The smallest absolute Gasteiger partial charge is 0.197 e. The van der Waals surface area contributed by atoms with Gasteiger partial charge in [-0.05, 0) is 18.9 Å². The standard InChI is InChI=1S/C7H9ClN2/c8-7-9-4-1-5-10(7)6-2-3-6/h1,4-7H,2-3H2. The fourth-order valence-electron chi connectivity index (χ4n) is 1.07. The van der Waals surface area contributed by atoms with E-state index in [0.717, 1.165) is 0 Å². The van der Waals surface area contributed by atoms with Gasteiger partial charge in [-0.3, -0.25) is 4.99 Å². The highest BCUT2D eigenvalue weighted by atomic mass is 35.5. The van der Waals surface area contributed by atoms with Crippen molar-refractivity contribution in [2.45, 2.75) is 24.5 Å². The first-order valence-corrected chi connectivity index (χ1v) is 3.93. The molecule has 0 aromatic heterocycles. The van der Waals surface area contributed by atoms with Gasteiger partial charge in [-0.2, -0.15) is 0 Å². The number of allylic oxidation sites excluding steroid dienone is 1. The van der Waals surface area contributed by atoms with E-state index in [0.29, 0.717) is 6.04 Å². The molecule has 0 aromatic carbocycles. The van der Waals surface area contributed by atoms with Crippen LogP contribution in [0.4, 0.5) is 0 Å². The van der Waals surface area contributed by atoms with E-state index in [9.17, 15) is 0 Å². The van der Waals surface area contributed by atoms with E-state index < -0.39 is 0 Å². The first kappa shape index (κ1) is 6.23. The second-order valence-corrected chi connectivity index (χ2v) is 3.02. The molecule has 54 valence electrons. The minimum Gasteiger partial charge on any atom is -0.341 e. The van der Waals surface area contributed by atoms with Gasteiger partial charge in [0, 0.05) is 18.5 Å². The molecule has 0 amide bonds. The second kappa shape index (κ2) is 2.27. The van der Waals surface area contributed by atoms with E-state index in [4.69, 9.17) is 11.6 Å². The van der Waals surface area contributed by atoms with Crippen LogP contribution < -0.4 is 0 Å². The van der Waals surface area contributed by atoms with Crippen LogP contribution in [0.15, 0.2) is 17.3 Å². The molecule has 1 atom stereocenters. The summed E-state index contributed by atoms with van der Waals surface area (Å²) in [7, 11) is 0. The highest BCUT2D eigenvalue weighted by Gasteiger charge is 2.31. The van der Waals surface area contributed by atoms with Crippen molar-refractivity contribution in [3.05, 3.63) is 12.3 Å². The SMILES string of the molecule is ClC1N=CC=CN1C1CC1. The van der Waals surface area contributed by atoms with Crippen LogP contribution in [0.25, 0.3) is 0 Å². The fourth-order valence-corrected chi connectivity index (χ4v) is 1.36. The third-order valence-corrected chi connectivity index (χ3v) is 2.11. The zero-order valence-electron chi connectivity index (χ0n) is 5.57. The van der Waals surface area contributed by atoms with Crippen LogP contribution in [0.5, 0.6) is 0 Å². The highest BCUT2D eigenvalue weighted by molar-refractivity contribution is 6.20. The lowest BCUT2D eigenvalue weighted by Gasteiger charge is -2.24. The van der Waals surface area contributed by atoms with Gasteiger partial charge in [0.15, 0.2) is 5.62 Å². The summed E-state index contributed by atoms with van der Waals surface area (Å²) in [5.41, 5.74) is -0.155. The molecule has 2 aliphatic rings. The first-order chi connectivity index (χ1) is 4.88. The Balaban J connectivity index is 2.06. The molecule has 0 bridgehead atoms. The summed E-state index contributed by atoms with van der Waals surface area (Å²) in [4.78, 5) is 6.15. The molecule has 1 unspecified atom stereocenters. The molecule has 3 heteroatoms. The van der Waals surface area contributed by atoms with Crippen LogP contribution in [-0.4, -0.2) is 22.8 Å². The monoisotopic (exact) mass is 156 g/mol. The van der Waals surface area contributed by atoms with Crippen molar-refractivity contribution in [3.63, 3.8) is 0 Å². The summed E-state index contributed by atoms with van der Waals surface area (Å²) in [6, 6.07) is 0.663. The second-order valence-electron chi connectivity index (χ2n) is 2.63. The van der Waals surface area contributed by atoms with Gasteiger partial charge in [-0.25, -0.2) is 0 Å². The molecule has 1 heterocycles. The van der Waals surface area contributed by atoms with E-state index in [1.54, 1.807) is 6.21 Å². The fraction of sp³-hybridized carbons (Fsp3) is 0.571. The Hall–Kier alpha value is -0.500. The van der Waals surface area contributed by atoms with E-state index in [-0.39, 0.29) is 5.62 Å². The molecule has 1 aliphatic carbocycles. The van der Waals surface area contributed by atoms with Crippen LogP contribution in [-0.2, 0) is 0 Å². The minimum absolute atomic E-state index is 0.155. The average Bonchev–Trinajstić information content (AvgIpc) is 2.71. The number of alkyl halides is 1. The number of hydrogen-bond donors (Lipinski definition) is 0. The largest absolute Gasteiger partial charge is 0.341 e. The van der Waals surface area contributed by atoms with Crippen LogP contribution in [0, 0.1) is 0 Å². The van der Waals surface area contributed by atoms with Gasteiger partial charge < -0.3 is 4.90 Å². The zero-order valence-corrected chi connectivity index (χ0v) is 6.33. The molecule has 0 N–H and O–H groups in total. The zero-order chi connectivity index (χ0) is 6.97. The molecule has 2 rings (SSSR count). The van der Waals surface area contributed by atoms with Crippen molar-refractivity contribution < 1.29 is 0 Å². The Labute approximate surface area is 65.2 Å². The normalized spacial score (nSPS) is 31.3. The summed E-state index contributed by atoms with van der Waals surface area (Å²) in [5.74, 6) is 0. The van der Waals surface area contributed by atoms with Crippen molar-refractivity contribution in [1.82, 2.24) is 4.90 Å². The van der Waals surface area contributed by atoms with Gasteiger partial charge in [0.05, 0.1) is 0 Å². The molecular formula is C7H9ClN2. The summed E-state index contributed by atoms with van der Waals surface area (Å²) in [6.45, 7) is 0. The molecule has 10 heavy (non-hydrogen) atoms.